The molecule has 0 aliphatic carbocycles. The topological polar surface area (TPSA) is 46.2 Å². The fourth-order valence-corrected chi connectivity index (χ4v) is 6.83. The lowest BCUT2D eigenvalue weighted by molar-refractivity contribution is -0.254. The minimum atomic E-state index is -0.441. The van der Waals surface area contributed by atoms with Gasteiger partial charge in [-0.1, -0.05) is 152 Å². The Morgan fingerprint density at radius 3 is 1.28 bits per heavy atom. The normalized spacial score (nSPS) is 21.0. The summed E-state index contributed by atoms with van der Waals surface area (Å²) in [6, 6.07) is 51.4. The Kier molecular flexibility index (Phi) is 12.7. The van der Waals surface area contributed by atoms with Crippen molar-refractivity contribution >= 4 is 11.8 Å². The van der Waals surface area contributed by atoms with E-state index in [4.69, 9.17) is 23.7 Å². The largest absolute Gasteiger partial charge is 0.374 e. The zero-order valence-electron chi connectivity index (χ0n) is 26.5. The molecule has 1 heterocycles. The van der Waals surface area contributed by atoms with Crippen molar-refractivity contribution in [2.75, 3.05) is 6.61 Å². The highest BCUT2D eigenvalue weighted by molar-refractivity contribution is 7.99. The smallest absolute Gasteiger partial charge is 0.133 e. The van der Waals surface area contributed by atoms with Crippen molar-refractivity contribution in [3.63, 3.8) is 0 Å². The van der Waals surface area contributed by atoms with Gasteiger partial charge in [0.1, 0.15) is 29.9 Å². The van der Waals surface area contributed by atoms with Crippen LogP contribution >= 0.6 is 11.8 Å². The summed E-state index contributed by atoms with van der Waals surface area (Å²) in [6.07, 6.45) is -1.65. The Bertz CT molecular complexity index is 1560. The quantitative estimate of drug-likeness (QED) is 0.107. The molecular formula is C41H42O5S. The summed E-state index contributed by atoms with van der Waals surface area (Å²) in [4.78, 5) is 0. The zero-order valence-corrected chi connectivity index (χ0v) is 27.3. The average molecular weight is 647 g/mol. The first kappa shape index (κ1) is 33.2. The summed E-state index contributed by atoms with van der Waals surface area (Å²) < 4.78 is 33.6. The van der Waals surface area contributed by atoms with Crippen LogP contribution < -0.4 is 0 Å². The number of benzene rings is 5. The maximum absolute atomic E-state index is 6.94. The summed E-state index contributed by atoms with van der Waals surface area (Å²) in [7, 11) is 0. The van der Waals surface area contributed by atoms with Gasteiger partial charge in [-0.3, -0.25) is 0 Å². The maximum Gasteiger partial charge on any atom is 0.133 e. The van der Waals surface area contributed by atoms with Crippen molar-refractivity contribution in [3.8, 4) is 0 Å². The Labute approximate surface area is 282 Å². The molecule has 5 aromatic carbocycles. The van der Waals surface area contributed by atoms with Gasteiger partial charge >= 0.3 is 0 Å². The summed E-state index contributed by atoms with van der Waals surface area (Å²) in [6.45, 7) is 2.12. The molecule has 5 nitrogen and oxygen atoms in total. The molecule has 47 heavy (non-hydrogen) atoms. The molecule has 1 fully saturated rings. The van der Waals surface area contributed by atoms with E-state index in [1.807, 2.05) is 78.9 Å². The standard InChI is InChI=1S/C41H42O5S/c1-6-16-32(17-7-1)26-42-30-37-38(43-27-33-18-8-2-9-19-33)39(44-28-34-20-10-3-11-21-34)40(45-29-35-22-12-4-13-23-35)41(46-37)47-31-36-24-14-5-15-25-36/h1-25,37-41H,26-31H2/t37?,38-,39-,40?,41-/m0/s1. The van der Waals surface area contributed by atoms with Crippen molar-refractivity contribution in [2.24, 2.45) is 0 Å². The zero-order chi connectivity index (χ0) is 31.9. The van der Waals surface area contributed by atoms with Crippen LogP contribution in [-0.4, -0.2) is 36.5 Å². The summed E-state index contributed by atoms with van der Waals surface area (Å²) in [5, 5.41) is 0. The van der Waals surface area contributed by atoms with Gasteiger partial charge in [0.05, 0.1) is 33.0 Å². The van der Waals surface area contributed by atoms with Crippen LogP contribution in [-0.2, 0) is 55.9 Å². The van der Waals surface area contributed by atoms with Gasteiger partial charge < -0.3 is 23.7 Å². The van der Waals surface area contributed by atoms with E-state index in [9.17, 15) is 0 Å². The Morgan fingerprint density at radius 1 is 0.426 bits per heavy atom. The van der Waals surface area contributed by atoms with E-state index in [2.05, 4.69) is 72.8 Å². The van der Waals surface area contributed by atoms with Gasteiger partial charge in [0.2, 0.25) is 0 Å². The van der Waals surface area contributed by atoms with E-state index in [0.717, 1.165) is 28.0 Å². The molecule has 0 aromatic heterocycles. The van der Waals surface area contributed by atoms with E-state index in [1.165, 1.54) is 5.56 Å². The molecule has 0 amide bonds. The van der Waals surface area contributed by atoms with Gasteiger partial charge in [-0.2, -0.15) is 0 Å². The lowest BCUT2D eigenvalue weighted by Gasteiger charge is -2.46. The first-order valence-electron chi connectivity index (χ1n) is 16.2. The van der Waals surface area contributed by atoms with Crippen LogP contribution in [0, 0.1) is 0 Å². The second-order valence-corrected chi connectivity index (χ2v) is 12.7. The van der Waals surface area contributed by atoms with E-state index in [0.29, 0.717) is 33.0 Å². The Balaban J connectivity index is 1.29. The number of ether oxygens (including phenoxy) is 5. The predicted octanol–water partition coefficient (Wildman–Crippen LogP) is 8.62. The molecule has 0 bridgehead atoms. The molecule has 242 valence electrons. The highest BCUT2D eigenvalue weighted by Gasteiger charge is 2.48. The maximum atomic E-state index is 6.94. The molecule has 1 aliphatic rings. The van der Waals surface area contributed by atoms with E-state index < -0.39 is 18.3 Å². The SMILES string of the molecule is c1ccc(COCC2O[C@@H](SCc3ccccc3)C(OCc3ccccc3)[C@@H](OCc3ccccc3)[C@H]2OCc2ccccc2)cc1. The monoisotopic (exact) mass is 646 g/mol. The van der Waals surface area contributed by atoms with Gasteiger partial charge in [0, 0.05) is 5.75 Å². The molecule has 0 radical (unpaired) electrons. The van der Waals surface area contributed by atoms with Crippen molar-refractivity contribution in [1.82, 2.24) is 0 Å². The van der Waals surface area contributed by atoms with Crippen LogP contribution in [0.15, 0.2) is 152 Å². The Hall–Kier alpha value is -3.75. The van der Waals surface area contributed by atoms with Gasteiger partial charge in [-0.05, 0) is 27.8 Å². The molecular weight excluding hydrogens is 605 g/mol. The molecule has 5 atom stereocenters. The number of hydrogen-bond acceptors (Lipinski definition) is 6. The van der Waals surface area contributed by atoms with Gasteiger partial charge in [0.25, 0.3) is 0 Å². The van der Waals surface area contributed by atoms with Gasteiger partial charge in [0.15, 0.2) is 0 Å². The summed E-state index contributed by atoms with van der Waals surface area (Å²) in [5.74, 6) is 0.773. The fourth-order valence-electron chi connectivity index (χ4n) is 5.63. The minimum Gasteiger partial charge on any atom is -0.374 e. The molecule has 5 aromatic rings. The lowest BCUT2D eigenvalue weighted by Crippen LogP contribution is -2.60. The first-order chi connectivity index (χ1) is 23.3. The highest BCUT2D eigenvalue weighted by atomic mass is 32.2. The lowest BCUT2D eigenvalue weighted by atomic mass is 9.98. The molecule has 1 saturated heterocycles. The van der Waals surface area contributed by atoms with Crippen LogP contribution in [0.3, 0.4) is 0 Å². The number of thioether (sulfide) groups is 1. The third-order valence-electron chi connectivity index (χ3n) is 8.10. The van der Waals surface area contributed by atoms with Crippen LogP contribution in [0.25, 0.3) is 0 Å². The van der Waals surface area contributed by atoms with Crippen molar-refractivity contribution in [3.05, 3.63) is 179 Å². The van der Waals surface area contributed by atoms with Crippen LogP contribution in [0.2, 0.25) is 0 Å². The van der Waals surface area contributed by atoms with E-state index >= 15 is 0 Å². The van der Waals surface area contributed by atoms with Crippen molar-refractivity contribution < 1.29 is 23.7 Å². The van der Waals surface area contributed by atoms with Gasteiger partial charge in [-0.25, -0.2) is 0 Å². The molecule has 2 unspecified atom stereocenters. The van der Waals surface area contributed by atoms with E-state index in [1.54, 1.807) is 11.8 Å². The second-order valence-electron chi connectivity index (χ2n) is 11.6. The third-order valence-corrected chi connectivity index (χ3v) is 9.31. The minimum absolute atomic E-state index is 0.318. The average Bonchev–Trinajstić information content (AvgIpc) is 3.14. The molecule has 0 saturated carbocycles. The molecule has 0 N–H and O–H groups in total. The summed E-state index contributed by atoms with van der Waals surface area (Å²) >= 11 is 1.73. The molecule has 6 rings (SSSR count). The molecule has 6 heteroatoms. The highest BCUT2D eigenvalue weighted by Crippen LogP contribution is 2.36. The Morgan fingerprint density at radius 2 is 0.809 bits per heavy atom. The first-order valence-corrected chi connectivity index (χ1v) is 17.3. The number of rotatable bonds is 16. The molecule has 1 aliphatic heterocycles. The van der Waals surface area contributed by atoms with E-state index in [-0.39, 0.29) is 11.5 Å². The van der Waals surface area contributed by atoms with Crippen LogP contribution in [0.1, 0.15) is 27.8 Å². The van der Waals surface area contributed by atoms with Crippen LogP contribution in [0.4, 0.5) is 0 Å². The van der Waals surface area contributed by atoms with Gasteiger partial charge in [-0.15, -0.1) is 11.8 Å². The fraction of sp³-hybridized carbons (Fsp3) is 0.268. The third kappa shape index (κ3) is 10.1. The van der Waals surface area contributed by atoms with Crippen molar-refractivity contribution in [1.29, 1.82) is 0 Å². The number of hydrogen-bond donors (Lipinski definition) is 0. The molecule has 0 spiro atoms. The van der Waals surface area contributed by atoms with Crippen molar-refractivity contribution in [2.45, 2.75) is 62.0 Å². The van der Waals surface area contributed by atoms with Crippen LogP contribution in [0.5, 0.6) is 0 Å². The summed E-state index contributed by atoms with van der Waals surface area (Å²) in [5.41, 5.74) is 5.29. The predicted molar refractivity (Wildman–Crippen MR) is 188 cm³/mol. The second kappa shape index (κ2) is 18.0.